The zero-order valence-corrected chi connectivity index (χ0v) is 15.6. The highest BCUT2D eigenvalue weighted by Crippen LogP contribution is 2.33. The summed E-state index contributed by atoms with van der Waals surface area (Å²) in [6.45, 7) is 0. The molecule has 0 saturated heterocycles. The first-order valence-corrected chi connectivity index (χ1v) is 9.57. The molecule has 0 saturated carbocycles. The van der Waals surface area contributed by atoms with E-state index in [0.29, 0.717) is 17.5 Å². The number of ether oxygens (including phenoxy) is 1. The molecule has 0 bridgehead atoms. The molecule has 0 atom stereocenters. The maximum Gasteiger partial charge on any atom is 0.270 e. The lowest BCUT2D eigenvalue weighted by Gasteiger charge is -1.99. The average molecular weight is 400 g/mol. The third-order valence-electron chi connectivity index (χ3n) is 3.68. The number of thiazole rings is 1. The van der Waals surface area contributed by atoms with Crippen LogP contribution in [0.15, 0.2) is 51.3 Å². The second-order valence-corrected chi connectivity index (χ2v) is 7.67. The number of nitro benzene ring substituents is 1. The van der Waals surface area contributed by atoms with E-state index in [9.17, 15) is 10.1 Å². The Bertz CT molecular complexity index is 1130. The van der Waals surface area contributed by atoms with Gasteiger partial charge in [0.2, 0.25) is 11.7 Å². The molecule has 27 heavy (non-hydrogen) atoms. The molecule has 4 rings (SSSR count). The molecule has 0 spiro atoms. The lowest BCUT2D eigenvalue weighted by Crippen LogP contribution is -1.86. The van der Waals surface area contributed by atoms with Gasteiger partial charge in [-0.1, -0.05) is 29.1 Å². The number of non-ortho nitro benzene ring substituents is 1. The smallest absolute Gasteiger partial charge is 0.270 e. The Morgan fingerprint density at radius 2 is 2.15 bits per heavy atom. The molecular formula is C17H12N4O4S2. The maximum absolute atomic E-state index is 10.9. The van der Waals surface area contributed by atoms with Gasteiger partial charge in [0.15, 0.2) is 4.34 Å². The Hall–Kier alpha value is -2.98. The van der Waals surface area contributed by atoms with Crippen molar-refractivity contribution in [2.24, 2.45) is 0 Å². The Balaban J connectivity index is 1.48. The largest absolute Gasteiger partial charge is 0.497 e. The van der Waals surface area contributed by atoms with Gasteiger partial charge in [-0.25, -0.2) is 4.98 Å². The van der Waals surface area contributed by atoms with Crippen molar-refractivity contribution in [3.05, 3.63) is 58.5 Å². The standard InChI is InChI=1S/C17H12N4O4S2/c1-24-12-4-2-3-10(7-12)16-19-15(25-20-16)9-26-17-18-13-6-5-11(21(22)23)8-14(13)27-17/h2-8H,9H2,1H3. The quantitative estimate of drug-likeness (QED) is 0.264. The number of nitrogens with zero attached hydrogens (tertiary/aromatic N) is 4. The molecule has 0 amide bonds. The number of methoxy groups -OCH3 is 1. The van der Waals surface area contributed by atoms with Crippen molar-refractivity contribution in [2.45, 2.75) is 10.1 Å². The minimum atomic E-state index is -0.412. The zero-order chi connectivity index (χ0) is 18.8. The molecule has 2 aromatic heterocycles. The Kier molecular flexibility index (Phi) is 4.73. The van der Waals surface area contributed by atoms with Crippen LogP contribution in [0.5, 0.6) is 5.75 Å². The fraction of sp³-hybridized carbons (Fsp3) is 0.118. The van der Waals surface area contributed by atoms with Crippen LogP contribution in [-0.2, 0) is 5.75 Å². The molecule has 10 heteroatoms. The molecule has 0 unspecified atom stereocenters. The molecule has 2 aromatic carbocycles. The van der Waals surface area contributed by atoms with Gasteiger partial charge in [-0.3, -0.25) is 10.1 Å². The summed E-state index contributed by atoms with van der Waals surface area (Å²) in [6, 6.07) is 12.1. The Morgan fingerprint density at radius 3 is 2.96 bits per heavy atom. The minimum absolute atomic E-state index is 0.0579. The summed E-state index contributed by atoms with van der Waals surface area (Å²) in [4.78, 5) is 19.3. The summed E-state index contributed by atoms with van der Waals surface area (Å²) >= 11 is 2.84. The summed E-state index contributed by atoms with van der Waals surface area (Å²) < 4.78 is 12.1. The predicted octanol–water partition coefficient (Wildman–Crippen LogP) is 4.56. The van der Waals surface area contributed by atoms with E-state index in [4.69, 9.17) is 9.26 Å². The first kappa shape index (κ1) is 17.4. The Labute approximate surface area is 161 Å². The molecule has 0 radical (unpaired) electrons. The monoisotopic (exact) mass is 400 g/mol. The molecule has 4 aromatic rings. The highest BCUT2D eigenvalue weighted by Gasteiger charge is 2.13. The molecular weight excluding hydrogens is 388 g/mol. The molecule has 2 heterocycles. The van der Waals surface area contributed by atoms with E-state index < -0.39 is 4.92 Å². The fourth-order valence-corrected chi connectivity index (χ4v) is 4.32. The van der Waals surface area contributed by atoms with Crippen LogP contribution in [-0.4, -0.2) is 27.2 Å². The highest BCUT2D eigenvalue weighted by molar-refractivity contribution is 8.00. The lowest BCUT2D eigenvalue weighted by molar-refractivity contribution is -0.384. The number of hydrogen-bond donors (Lipinski definition) is 0. The van der Waals surface area contributed by atoms with Gasteiger partial charge in [0.1, 0.15) is 5.75 Å². The van der Waals surface area contributed by atoms with Gasteiger partial charge in [-0.05, 0) is 18.2 Å². The van der Waals surface area contributed by atoms with Crippen LogP contribution >= 0.6 is 23.1 Å². The van der Waals surface area contributed by atoms with Crippen LogP contribution in [0.2, 0.25) is 0 Å². The molecule has 0 aliphatic heterocycles. The van der Waals surface area contributed by atoms with Gasteiger partial charge in [0.05, 0.1) is 28.0 Å². The molecule has 136 valence electrons. The number of benzene rings is 2. The summed E-state index contributed by atoms with van der Waals surface area (Å²) in [7, 11) is 1.60. The topological polar surface area (TPSA) is 104 Å². The van der Waals surface area contributed by atoms with E-state index in [-0.39, 0.29) is 5.69 Å². The summed E-state index contributed by atoms with van der Waals surface area (Å²) in [5.41, 5.74) is 1.60. The van der Waals surface area contributed by atoms with Gasteiger partial charge < -0.3 is 9.26 Å². The first-order chi connectivity index (χ1) is 13.1. The number of fused-ring (bicyclic) bond motifs is 1. The fourth-order valence-electron chi connectivity index (χ4n) is 2.38. The second kappa shape index (κ2) is 7.33. The molecule has 0 aliphatic carbocycles. The van der Waals surface area contributed by atoms with Crippen LogP contribution in [0.25, 0.3) is 21.6 Å². The van der Waals surface area contributed by atoms with E-state index in [1.807, 2.05) is 24.3 Å². The number of aromatic nitrogens is 3. The summed E-state index contributed by atoms with van der Waals surface area (Å²) in [6.07, 6.45) is 0. The van der Waals surface area contributed by atoms with Crippen LogP contribution in [0.3, 0.4) is 0 Å². The summed E-state index contributed by atoms with van der Waals surface area (Å²) in [5.74, 6) is 2.14. The van der Waals surface area contributed by atoms with Crippen molar-refractivity contribution < 1.29 is 14.2 Å². The predicted molar refractivity (Wildman–Crippen MR) is 102 cm³/mol. The highest BCUT2D eigenvalue weighted by atomic mass is 32.2. The van der Waals surface area contributed by atoms with E-state index in [1.165, 1.54) is 35.2 Å². The van der Waals surface area contributed by atoms with Crippen LogP contribution in [0.1, 0.15) is 5.89 Å². The van der Waals surface area contributed by atoms with Gasteiger partial charge in [0.25, 0.3) is 5.69 Å². The lowest BCUT2D eigenvalue weighted by atomic mass is 10.2. The van der Waals surface area contributed by atoms with E-state index >= 15 is 0 Å². The van der Waals surface area contributed by atoms with Crippen molar-refractivity contribution in [1.29, 1.82) is 0 Å². The van der Waals surface area contributed by atoms with Crippen molar-refractivity contribution in [3.8, 4) is 17.1 Å². The van der Waals surface area contributed by atoms with Crippen LogP contribution < -0.4 is 4.74 Å². The normalized spacial score (nSPS) is 11.0. The number of rotatable bonds is 6. The zero-order valence-electron chi connectivity index (χ0n) is 14.0. The van der Waals surface area contributed by atoms with Crippen LogP contribution in [0, 0.1) is 10.1 Å². The van der Waals surface area contributed by atoms with Crippen molar-refractivity contribution in [2.75, 3.05) is 7.11 Å². The number of thioether (sulfide) groups is 1. The van der Waals surface area contributed by atoms with Crippen molar-refractivity contribution in [1.82, 2.24) is 15.1 Å². The molecule has 0 fully saturated rings. The SMILES string of the molecule is COc1cccc(-c2noc(CSc3nc4ccc([N+](=O)[O-])cc4s3)n2)c1. The van der Waals surface area contributed by atoms with Gasteiger partial charge in [0, 0.05) is 17.7 Å². The molecule has 0 N–H and O–H groups in total. The number of hydrogen-bond acceptors (Lipinski definition) is 9. The molecule has 8 nitrogen and oxygen atoms in total. The van der Waals surface area contributed by atoms with E-state index in [2.05, 4.69) is 15.1 Å². The van der Waals surface area contributed by atoms with Gasteiger partial charge in [-0.2, -0.15) is 4.98 Å². The first-order valence-electron chi connectivity index (χ1n) is 7.77. The molecule has 0 aliphatic rings. The van der Waals surface area contributed by atoms with Gasteiger partial charge in [-0.15, -0.1) is 11.3 Å². The average Bonchev–Trinajstić information content (AvgIpc) is 3.32. The minimum Gasteiger partial charge on any atom is -0.497 e. The number of nitro groups is 1. The van der Waals surface area contributed by atoms with E-state index in [0.717, 1.165) is 25.9 Å². The van der Waals surface area contributed by atoms with Crippen molar-refractivity contribution >= 4 is 39.0 Å². The van der Waals surface area contributed by atoms with Gasteiger partial charge >= 0.3 is 0 Å². The van der Waals surface area contributed by atoms with Crippen molar-refractivity contribution in [3.63, 3.8) is 0 Å². The third-order valence-corrected chi connectivity index (χ3v) is 5.82. The van der Waals surface area contributed by atoms with E-state index in [1.54, 1.807) is 13.2 Å². The Morgan fingerprint density at radius 1 is 1.26 bits per heavy atom. The second-order valence-electron chi connectivity index (χ2n) is 5.42. The maximum atomic E-state index is 10.9. The third kappa shape index (κ3) is 3.76. The summed E-state index contributed by atoms with van der Waals surface area (Å²) in [5, 5.41) is 14.9. The van der Waals surface area contributed by atoms with Crippen LogP contribution in [0.4, 0.5) is 5.69 Å².